The summed E-state index contributed by atoms with van der Waals surface area (Å²) in [6.07, 6.45) is 14.9. The molecule has 0 aromatic heterocycles. The molecule has 4 aliphatic carbocycles. The molecule has 2 fully saturated rings. The van der Waals surface area contributed by atoms with E-state index in [0.717, 1.165) is 18.3 Å². The summed E-state index contributed by atoms with van der Waals surface area (Å²) in [7, 11) is 0. The quantitative estimate of drug-likeness (QED) is 0.147. The van der Waals surface area contributed by atoms with Gasteiger partial charge in [0.1, 0.15) is 5.75 Å². The second kappa shape index (κ2) is 16.8. The molecule has 0 radical (unpaired) electrons. The van der Waals surface area contributed by atoms with Crippen molar-refractivity contribution < 1.29 is 24.2 Å². The molecule has 6 heteroatoms. The molecule has 5 nitrogen and oxygen atoms in total. The topological polar surface area (TPSA) is 72.8 Å². The first kappa shape index (κ1) is 44.2. The second-order valence-corrected chi connectivity index (χ2v) is 20.4. The van der Waals surface area contributed by atoms with Gasteiger partial charge in [-0.1, -0.05) is 75.9 Å². The molecule has 308 valence electrons. The predicted molar refractivity (Wildman–Crippen MR) is 230 cm³/mol. The van der Waals surface area contributed by atoms with Gasteiger partial charge >= 0.3 is 5.97 Å². The van der Waals surface area contributed by atoms with E-state index < -0.39 is 11.6 Å². The van der Waals surface area contributed by atoms with Crippen molar-refractivity contribution in [3.63, 3.8) is 0 Å². The number of allylic oxidation sites excluding steroid dienone is 4. The molecule has 0 bridgehead atoms. The second-order valence-electron chi connectivity index (χ2n) is 20.0. The lowest BCUT2D eigenvalue weighted by molar-refractivity contribution is -0.163. The third kappa shape index (κ3) is 8.61. The number of aliphatic hydroxyl groups is 1. The Morgan fingerprint density at radius 1 is 0.857 bits per heavy atom. The summed E-state index contributed by atoms with van der Waals surface area (Å²) < 4.78 is 10.9. The molecule has 0 heterocycles. The Labute approximate surface area is 344 Å². The number of esters is 1. The van der Waals surface area contributed by atoms with Crippen LogP contribution in [0.5, 0.6) is 5.75 Å². The number of carbonyl (C=O) groups excluding carboxylic acids is 2. The molecular formula is C50H71ClO5. The fourth-order valence-corrected chi connectivity index (χ4v) is 11.7. The molecule has 0 spiro atoms. The highest BCUT2D eigenvalue weighted by Crippen LogP contribution is 2.72. The number of aliphatic hydroxyl groups excluding tert-OH is 1. The van der Waals surface area contributed by atoms with Gasteiger partial charge in [-0.15, -0.1) is 0 Å². The lowest BCUT2D eigenvalue weighted by atomic mass is 9.43. The van der Waals surface area contributed by atoms with Gasteiger partial charge in [0.25, 0.3) is 0 Å². The average molecular weight is 788 g/mol. The average Bonchev–Trinajstić information content (AvgIpc) is 3.41. The minimum Gasteiger partial charge on any atom is -0.476 e. The molecule has 7 atom stereocenters. The van der Waals surface area contributed by atoms with Crippen LogP contribution in [0.15, 0.2) is 71.3 Å². The smallest absolute Gasteiger partial charge is 0.350 e. The van der Waals surface area contributed by atoms with E-state index in [1.807, 2.05) is 11.1 Å². The fourth-order valence-electron chi connectivity index (χ4n) is 11.6. The highest BCUT2D eigenvalue weighted by atomic mass is 35.5. The number of hydrogen-bond acceptors (Lipinski definition) is 5. The van der Waals surface area contributed by atoms with Gasteiger partial charge in [-0.3, -0.25) is 4.79 Å². The van der Waals surface area contributed by atoms with Crippen LogP contribution in [0.2, 0.25) is 5.02 Å². The zero-order chi connectivity index (χ0) is 41.4. The van der Waals surface area contributed by atoms with Crippen molar-refractivity contribution in [2.24, 2.45) is 39.4 Å². The summed E-state index contributed by atoms with van der Waals surface area (Å²) >= 11 is 5.84. The Balaban J connectivity index is 0.000000220. The predicted octanol–water partition coefficient (Wildman–Crippen LogP) is 13.2. The fraction of sp³-hybridized carbons (Fsp3) is 0.640. The molecule has 0 aliphatic heterocycles. The largest absolute Gasteiger partial charge is 0.476 e. The Morgan fingerprint density at radius 3 is 2.05 bits per heavy atom. The first-order chi connectivity index (χ1) is 26.1. The number of benzene rings is 2. The molecule has 0 saturated heterocycles. The monoisotopic (exact) mass is 786 g/mol. The van der Waals surface area contributed by atoms with Crippen LogP contribution in [0.1, 0.15) is 163 Å². The summed E-state index contributed by atoms with van der Waals surface area (Å²) in [4.78, 5) is 24.5. The van der Waals surface area contributed by atoms with Crippen LogP contribution in [0, 0.1) is 39.4 Å². The van der Waals surface area contributed by atoms with Crippen LogP contribution in [-0.2, 0) is 9.53 Å². The van der Waals surface area contributed by atoms with Gasteiger partial charge in [0.05, 0.1) is 12.2 Å². The molecule has 6 rings (SSSR count). The summed E-state index contributed by atoms with van der Waals surface area (Å²) in [5.74, 6) is 2.26. The maximum Gasteiger partial charge on any atom is 0.350 e. The van der Waals surface area contributed by atoms with Crippen molar-refractivity contribution in [2.45, 2.75) is 165 Å². The van der Waals surface area contributed by atoms with Gasteiger partial charge < -0.3 is 14.6 Å². The van der Waals surface area contributed by atoms with E-state index in [-0.39, 0.29) is 23.4 Å². The lowest BCUT2D eigenvalue weighted by Crippen LogP contribution is -2.55. The van der Waals surface area contributed by atoms with Crippen molar-refractivity contribution in [3.8, 4) is 5.75 Å². The van der Waals surface area contributed by atoms with Gasteiger partial charge in [0.15, 0.2) is 11.4 Å². The summed E-state index contributed by atoms with van der Waals surface area (Å²) in [5.41, 5.74) is 6.37. The van der Waals surface area contributed by atoms with Crippen LogP contribution in [0.4, 0.5) is 0 Å². The molecular weight excluding hydrogens is 716 g/mol. The van der Waals surface area contributed by atoms with Crippen molar-refractivity contribution in [1.29, 1.82) is 0 Å². The molecule has 2 aromatic carbocycles. The van der Waals surface area contributed by atoms with E-state index in [9.17, 15) is 14.7 Å². The minimum absolute atomic E-state index is 0.0465. The maximum absolute atomic E-state index is 12.4. The third-order valence-electron chi connectivity index (χ3n) is 15.1. The first-order valence-corrected chi connectivity index (χ1v) is 21.8. The number of carbonyl (C=O) groups is 2. The first-order valence-electron chi connectivity index (χ1n) is 21.4. The van der Waals surface area contributed by atoms with E-state index in [4.69, 9.17) is 21.1 Å². The molecule has 2 aromatic rings. The van der Waals surface area contributed by atoms with Gasteiger partial charge in [0.2, 0.25) is 0 Å². The minimum atomic E-state index is -1.12. The highest BCUT2D eigenvalue weighted by Gasteiger charge is 2.63. The molecule has 7 unspecified atom stereocenters. The van der Waals surface area contributed by atoms with Gasteiger partial charge in [-0.25, -0.2) is 4.79 Å². The van der Waals surface area contributed by atoms with Crippen molar-refractivity contribution >= 4 is 23.4 Å². The number of hydrogen-bond donors (Lipinski definition) is 1. The molecule has 56 heavy (non-hydrogen) atoms. The van der Waals surface area contributed by atoms with Crippen LogP contribution < -0.4 is 4.74 Å². The van der Waals surface area contributed by atoms with Crippen LogP contribution in [0.25, 0.3) is 0 Å². The van der Waals surface area contributed by atoms with E-state index in [0.29, 0.717) is 44.1 Å². The van der Waals surface area contributed by atoms with Gasteiger partial charge in [0, 0.05) is 16.1 Å². The number of halogens is 1. The number of fused-ring (bicyclic) bond motifs is 4. The zero-order valence-electron chi connectivity index (χ0n) is 36.6. The molecule has 2 saturated carbocycles. The normalized spacial score (nSPS) is 29.9. The Bertz CT molecular complexity index is 1780. The number of ketones is 1. The Hall–Kier alpha value is -2.89. The maximum atomic E-state index is 12.4. The van der Waals surface area contributed by atoms with Crippen LogP contribution >= 0.6 is 11.6 Å². The lowest BCUT2D eigenvalue weighted by Gasteiger charge is -2.62. The van der Waals surface area contributed by atoms with E-state index in [1.165, 1.54) is 63.4 Å². The van der Waals surface area contributed by atoms with Crippen LogP contribution in [-0.4, -0.2) is 34.7 Å². The molecule has 4 aliphatic rings. The van der Waals surface area contributed by atoms with Gasteiger partial charge in [-0.2, -0.15) is 0 Å². The van der Waals surface area contributed by atoms with Crippen LogP contribution in [0.3, 0.4) is 0 Å². The SMILES string of the molecule is CC(C)=CCCC(C)C1CCC2(C)C3=C(CCC12C)C1(C)CCC(O)C(C)(C)C1CC3.CC(C)OC(=O)C(C)(C)Oc1ccc(C(=O)c2ccc(Cl)cc2)cc1. The van der Waals surface area contributed by atoms with E-state index in [1.54, 1.807) is 76.2 Å². The Morgan fingerprint density at radius 2 is 1.46 bits per heavy atom. The Kier molecular flexibility index (Phi) is 13.2. The molecule has 1 N–H and O–H groups in total. The van der Waals surface area contributed by atoms with E-state index >= 15 is 0 Å². The zero-order valence-corrected chi connectivity index (χ0v) is 37.4. The highest BCUT2D eigenvalue weighted by molar-refractivity contribution is 6.30. The summed E-state index contributed by atoms with van der Waals surface area (Å²) in [5, 5.41) is 11.4. The standard InChI is InChI=1S/C30H50O.C20H21ClO4/c1-20(2)10-9-11-21(3)22-14-18-30(8)24-12-13-25-27(4,5)26(31)16-17-28(25,6)23(24)15-19-29(22,30)7;1-13(2)24-19(23)20(3,4)25-17-11-7-15(8-12-17)18(22)14-5-9-16(21)10-6-14/h10,21-22,25-26,31H,9,11-19H2,1-8H3;5-13H,1-4H3. The number of ether oxygens (including phenoxy) is 2. The van der Waals surface area contributed by atoms with Crippen molar-refractivity contribution in [3.05, 3.63) is 87.5 Å². The molecule has 0 amide bonds. The van der Waals surface area contributed by atoms with E-state index in [2.05, 4.69) is 61.5 Å². The summed E-state index contributed by atoms with van der Waals surface area (Å²) in [6, 6.07) is 13.4. The third-order valence-corrected chi connectivity index (χ3v) is 15.3. The number of rotatable bonds is 10. The van der Waals surface area contributed by atoms with Crippen molar-refractivity contribution in [2.75, 3.05) is 0 Å². The van der Waals surface area contributed by atoms with Crippen molar-refractivity contribution in [1.82, 2.24) is 0 Å². The summed E-state index contributed by atoms with van der Waals surface area (Å²) in [6.45, 7) is 26.5. The van der Waals surface area contributed by atoms with Gasteiger partial charge in [-0.05, 0) is 194 Å².